The molecule has 1 aliphatic rings. The largest absolute Gasteiger partial charge is 0.542 e. The summed E-state index contributed by atoms with van der Waals surface area (Å²) in [6.07, 6.45) is 0. The van der Waals surface area contributed by atoms with Crippen molar-refractivity contribution in [3.63, 3.8) is 0 Å². The van der Waals surface area contributed by atoms with Gasteiger partial charge in [0, 0.05) is 5.69 Å². The van der Waals surface area contributed by atoms with Crippen LogP contribution in [-0.4, -0.2) is 11.1 Å². The topological polar surface area (TPSA) is 85.3 Å². The first-order valence-electron chi connectivity index (χ1n) is 12.0. The lowest BCUT2D eigenvalue weighted by atomic mass is 9.78. The molecule has 0 fully saturated rings. The Hall–Kier alpha value is -3.15. The summed E-state index contributed by atoms with van der Waals surface area (Å²) in [4.78, 5) is 23.0. The molecule has 2 heterocycles. The smallest absolute Gasteiger partial charge is 0.374 e. The predicted molar refractivity (Wildman–Crippen MR) is 140 cm³/mol. The molecule has 0 saturated heterocycles. The van der Waals surface area contributed by atoms with Gasteiger partial charge in [0.05, 0.1) is 10.8 Å². The van der Waals surface area contributed by atoms with E-state index in [0.29, 0.717) is 5.89 Å². The average Bonchev–Trinajstić information content (AvgIpc) is 3.33. The zero-order valence-electron chi connectivity index (χ0n) is 23.2. The van der Waals surface area contributed by atoms with Gasteiger partial charge in [-0.3, -0.25) is 9.32 Å². The number of nitrogens with one attached hydrogen (secondary N) is 1. The number of anilines is 1. The number of aromatic nitrogens is 1. The van der Waals surface area contributed by atoms with Gasteiger partial charge in [-0.05, 0) is 144 Å². The SMILES string of the molecule is Cc1c(C)c(C)c2c(c1C)NC(=O)C2(C)C.Cc1cc(C(C)(C)c2noc(=O)o2)c(C)c(C)c1C. The van der Waals surface area contributed by atoms with Crippen molar-refractivity contribution in [1.29, 1.82) is 0 Å². The van der Waals surface area contributed by atoms with Crippen molar-refractivity contribution >= 4 is 11.6 Å². The van der Waals surface area contributed by atoms with E-state index in [2.05, 4.69) is 76.5 Å². The molecule has 2 aromatic carbocycles. The van der Waals surface area contributed by atoms with Crippen LogP contribution < -0.4 is 11.1 Å². The molecular weight excluding hydrogens is 440 g/mol. The Morgan fingerprint density at radius 1 is 0.800 bits per heavy atom. The zero-order valence-corrected chi connectivity index (χ0v) is 23.2. The van der Waals surface area contributed by atoms with Crippen LogP contribution in [0.5, 0.6) is 0 Å². The fourth-order valence-corrected chi connectivity index (χ4v) is 5.05. The average molecular weight is 479 g/mol. The van der Waals surface area contributed by atoms with Crippen molar-refractivity contribution in [2.45, 2.75) is 93.9 Å². The summed E-state index contributed by atoms with van der Waals surface area (Å²) >= 11 is 0. The lowest BCUT2D eigenvalue weighted by Crippen LogP contribution is -2.27. The molecule has 0 atom stereocenters. The van der Waals surface area contributed by atoms with Gasteiger partial charge >= 0.3 is 5.82 Å². The van der Waals surface area contributed by atoms with Crippen LogP contribution in [0.25, 0.3) is 0 Å². The summed E-state index contributed by atoms with van der Waals surface area (Å²) in [6.45, 7) is 24.8. The second kappa shape index (κ2) is 8.81. The van der Waals surface area contributed by atoms with Crippen LogP contribution >= 0.6 is 0 Å². The quantitative estimate of drug-likeness (QED) is 0.465. The van der Waals surface area contributed by atoms with Gasteiger partial charge in [-0.2, -0.15) is 0 Å². The summed E-state index contributed by atoms with van der Waals surface area (Å²) in [5, 5.41) is 6.76. The van der Waals surface area contributed by atoms with E-state index in [4.69, 9.17) is 4.42 Å². The number of aryl methyl sites for hydroxylation is 1. The second-order valence-corrected chi connectivity index (χ2v) is 10.9. The summed E-state index contributed by atoms with van der Waals surface area (Å²) in [6, 6.07) is 2.13. The summed E-state index contributed by atoms with van der Waals surface area (Å²) in [7, 11) is 0. The maximum Gasteiger partial charge on any atom is 0.542 e. The summed E-state index contributed by atoms with van der Waals surface area (Å²) in [5.74, 6) is -0.344. The third kappa shape index (κ3) is 4.24. The molecule has 0 saturated carbocycles. The van der Waals surface area contributed by atoms with E-state index in [0.717, 1.165) is 11.3 Å². The van der Waals surface area contributed by atoms with Gasteiger partial charge < -0.3 is 9.73 Å². The van der Waals surface area contributed by atoms with E-state index in [9.17, 15) is 9.59 Å². The number of amides is 1. The van der Waals surface area contributed by atoms with Gasteiger partial charge in [-0.1, -0.05) is 6.07 Å². The number of nitrogens with zero attached hydrogens (tertiary/aromatic N) is 1. The highest BCUT2D eigenvalue weighted by Gasteiger charge is 2.41. The van der Waals surface area contributed by atoms with Crippen LogP contribution in [0.4, 0.5) is 5.69 Å². The van der Waals surface area contributed by atoms with Crippen molar-refractivity contribution in [3.8, 4) is 0 Å². The molecule has 35 heavy (non-hydrogen) atoms. The van der Waals surface area contributed by atoms with Crippen molar-refractivity contribution in [1.82, 2.24) is 5.16 Å². The standard InChI is InChI=1S/C15H19NO3.C14H19NO/c1-8-7-12(11(4)10(3)9(8)2)15(5,6)13-16-19-14(17)18-13;1-7-8(2)10(4)12-11(9(7)3)14(5,6)13(16)15-12/h7H,1-6H3;1-6H3,(H,15,16). The molecule has 0 spiro atoms. The third-order valence-corrected chi connectivity index (χ3v) is 8.19. The number of carbonyl (C=O) groups is 1. The number of rotatable bonds is 2. The maximum atomic E-state index is 12.0. The first-order chi connectivity index (χ1) is 16.0. The van der Waals surface area contributed by atoms with Crippen molar-refractivity contribution in [2.75, 3.05) is 5.32 Å². The van der Waals surface area contributed by atoms with Gasteiger partial charge in [0.2, 0.25) is 11.8 Å². The van der Waals surface area contributed by atoms with Crippen LogP contribution in [0.1, 0.15) is 89.2 Å². The van der Waals surface area contributed by atoms with Gasteiger partial charge in [0.25, 0.3) is 0 Å². The molecule has 1 N–H and O–H groups in total. The molecule has 0 radical (unpaired) electrons. The number of carbonyl (C=O) groups excluding carboxylic acids is 1. The normalized spacial score (nSPS) is 14.3. The van der Waals surface area contributed by atoms with Crippen LogP contribution in [-0.2, 0) is 15.6 Å². The molecule has 6 heteroatoms. The molecule has 1 aromatic heterocycles. The fourth-order valence-electron chi connectivity index (χ4n) is 5.05. The lowest BCUT2D eigenvalue weighted by molar-refractivity contribution is -0.119. The monoisotopic (exact) mass is 478 g/mol. The number of fused-ring (bicyclic) bond motifs is 1. The Bertz CT molecular complexity index is 1390. The van der Waals surface area contributed by atoms with E-state index in [1.165, 1.54) is 50.1 Å². The van der Waals surface area contributed by atoms with E-state index in [1.807, 2.05) is 27.7 Å². The van der Waals surface area contributed by atoms with E-state index in [-0.39, 0.29) is 5.91 Å². The van der Waals surface area contributed by atoms with Crippen LogP contribution in [0.2, 0.25) is 0 Å². The highest BCUT2D eigenvalue weighted by Crippen LogP contribution is 2.44. The van der Waals surface area contributed by atoms with E-state index >= 15 is 0 Å². The lowest BCUT2D eigenvalue weighted by Gasteiger charge is -2.25. The Balaban J connectivity index is 0.000000198. The molecule has 1 aliphatic heterocycles. The second-order valence-electron chi connectivity index (χ2n) is 10.9. The van der Waals surface area contributed by atoms with Crippen LogP contribution in [0.3, 0.4) is 0 Å². The van der Waals surface area contributed by atoms with E-state index in [1.54, 1.807) is 0 Å². The first kappa shape index (κ1) is 26.5. The molecular formula is C29H38N2O4. The minimum atomic E-state index is -0.763. The van der Waals surface area contributed by atoms with Crippen molar-refractivity contribution < 1.29 is 13.7 Å². The minimum Gasteiger partial charge on any atom is -0.374 e. The molecule has 3 aromatic rings. The van der Waals surface area contributed by atoms with Crippen molar-refractivity contribution in [3.05, 3.63) is 78.2 Å². The van der Waals surface area contributed by atoms with Gasteiger partial charge in [0.15, 0.2) is 0 Å². The highest BCUT2D eigenvalue weighted by molar-refractivity contribution is 6.07. The zero-order chi connectivity index (χ0) is 26.6. The van der Waals surface area contributed by atoms with Gasteiger partial charge in [0.1, 0.15) is 0 Å². The minimum absolute atomic E-state index is 0.110. The highest BCUT2D eigenvalue weighted by atomic mass is 16.6. The first-order valence-corrected chi connectivity index (χ1v) is 12.0. The molecule has 1 amide bonds. The fraction of sp³-hybridized carbons (Fsp3) is 0.483. The summed E-state index contributed by atoms with van der Waals surface area (Å²) in [5.41, 5.74) is 12.4. The predicted octanol–water partition coefficient (Wildman–Crippen LogP) is 6.34. The Labute approximate surface area is 208 Å². The Morgan fingerprint density at radius 3 is 1.89 bits per heavy atom. The van der Waals surface area contributed by atoms with Gasteiger partial charge in [-0.15, -0.1) is 0 Å². The maximum absolute atomic E-state index is 12.0. The molecule has 0 aliphatic carbocycles. The van der Waals surface area contributed by atoms with Crippen LogP contribution in [0.15, 0.2) is 19.8 Å². The van der Waals surface area contributed by atoms with Crippen LogP contribution in [0, 0.1) is 55.4 Å². The molecule has 4 rings (SSSR count). The number of benzene rings is 2. The third-order valence-electron chi connectivity index (χ3n) is 8.19. The molecule has 0 bridgehead atoms. The van der Waals surface area contributed by atoms with E-state index < -0.39 is 16.7 Å². The summed E-state index contributed by atoms with van der Waals surface area (Å²) < 4.78 is 9.56. The Kier molecular flexibility index (Phi) is 6.66. The van der Waals surface area contributed by atoms with Gasteiger partial charge in [-0.25, -0.2) is 4.79 Å². The number of hydrogen-bond acceptors (Lipinski definition) is 5. The molecule has 188 valence electrons. The van der Waals surface area contributed by atoms with Crippen molar-refractivity contribution in [2.24, 2.45) is 0 Å². The molecule has 6 nitrogen and oxygen atoms in total. The Morgan fingerprint density at radius 2 is 1.34 bits per heavy atom. The number of hydrogen-bond donors (Lipinski definition) is 1. The molecule has 0 unspecified atom stereocenters.